The lowest BCUT2D eigenvalue weighted by Gasteiger charge is -2.11. The molecule has 0 aromatic rings. The van der Waals surface area contributed by atoms with Crippen molar-refractivity contribution in [2.24, 2.45) is 0 Å². The molecule has 0 aliphatic heterocycles. The van der Waals surface area contributed by atoms with Gasteiger partial charge in [0.1, 0.15) is 0 Å². The molecule has 0 saturated carbocycles. The topological polar surface area (TPSA) is 23.5 Å². The highest BCUT2D eigenvalue weighted by atomic mass is 16.5. The van der Waals surface area contributed by atoms with Crippen molar-refractivity contribution < 1.29 is 5.21 Å². The fraction of sp³-hybridized carbons (Fsp3) is 0.941. The van der Waals surface area contributed by atoms with Gasteiger partial charge in [0.15, 0.2) is 0 Å². The number of hydrogen-bond acceptors (Lipinski definition) is 2. The van der Waals surface area contributed by atoms with E-state index in [1.807, 2.05) is 6.20 Å². The summed E-state index contributed by atoms with van der Waals surface area (Å²) in [5.74, 6) is 0. The van der Waals surface area contributed by atoms with Crippen molar-refractivity contribution in [1.82, 2.24) is 5.06 Å². The number of rotatable bonds is 31. The highest BCUT2D eigenvalue weighted by Gasteiger charge is 1.97. The third-order valence-electron chi connectivity index (χ3n) is 7.74. The van der Waals surface area contributed by atoms with Gasteiger partial charge < -0.3 is 0 Å². The molecule has 0 aromatic carbocycles. The molecule has 216 valence electrons. The molecule has 0 heterocycles. The fourth-order valence-electron chi connectivity index (χ4n) is 5.20. The highest BCUT2D eigenvalue weighted by molar-refractivity contribution is 4.78. The van der Waals surface area contributed by atoms with Gasteiger partial charge in [-0.25, -0.2) is 0 Å². The molecule has 0 saturated heterocycles. The van der Waals surface area contributed by atoms with Gasteiger partial charge in [-0.2, -0.15) is 0 Å². The number of unbranched alkanes of at least 4 members (excludes halogenated alkanes) is 27. The van der Waals surface area contributed by atoms with E-state index >= 15 is 0 Å². The molecule has 0 fully saturated rings. The van der Waals surface area contributed by atoms with Crippen LogP contribution in [0.25, 0.3) is 0 Å². The highest BCUT2D eigenvalue weighted by Crippen LogP contribution is 2.14. The second-order valence-electron chi connectivity index (χ2n) is 11.5. The zero-order valence-corrected chi connectivity index (χ0v) is 25.3. The summed E-state index contributed by atoms with van der Waals surface area (Å²) >= 11 is 0. The van der Waals surface area contributed by atoms with Gasteiger partial charge in [-0.05, 0) is 19.3 Å². The molecule has 0 amide bonds. The van der Waals surface area contributed by atoms with Crippen LogP contribution in [-0.2, 0) is 0 Å². The average Bonchev–Trinajstić information content (AvgIpc) is 2.88. The van der Waals surface area contributed by atoms with Gasteiger partial charge in [-0.1, -0.05) is 187 Å². The molecule has 2 nitrogen and oxygen atoms in total. The molecule has 0 unspecified atom stereocenters. The van der Waals surface area contributed by atoms with E-state index in [9.17, 15) is 5.21 Å². The Balaban J connectivity index is 3.21. The molecular weight excluding hydrogens is 438 g/mol. The first-order valence-corrected chi connectivity index (χ1v) is 16.9. The zero-order valence-electron chi connectivity index (χ0n) is 25.3. The summed E-state index contributed by atoms with van der Waals surface area (Å²) in [5, 5.41) is 11.4. The third kappa shape index (κ3) is 31.5. The van der Waals surface area contributed by atoms with E-state index < -0.39 is 0 Å². The minimum absolute atomic E-state index is 0.785. The Morgan fingerprint density at radius 3 is 1.00 bits per heavy atom. The van der Waals surface area contributed by atoms with Crippen molar-refractivity contribution >= 4 is 0 Å². The summed E-state index contributed by atoms with van der Waals surface area (Å²) in [5.41, 5.74) is 0. The van der Waals surface area contributed by atoms with E-state index in [4.69, 9.17) is 0 Å². The van der Waals surface area contributed by atoms with Crippen molar-refractivity contribution in [3.63, 3.8) is 0 Å². The van der Waals surface area contributed by atoms with E-state index in [0.717, 1.165) is 19.4 Å². The normalized spacial score (nSPS) is 11.6. The molecule has 36 heavy (non-hydrogen) atoms. The zero-order chi connectivity index (χ0) is 26.2. The van der Waals surface area contributed by atoms with Crippen LogP contribution in [0, 0.1) is 0 Å². The summed E-state index contributed by atoms with van der Waals surface area (Å²) in [6, 6.07) is 0. The Bertz CT molecular complexity index is 408. The molecule has 0 aliphatic rings. The lowest BCUT2D eigenvalue weighted by Crippen LogP contribution is -2.12. The van der Waals surface area contributed by atoms with Gasteiger partial charge in [-0.15, -0.1) is 0 Å². The summed E-state index contributed by atoms with van der Waals surface area (Å²) < 4.78 is 0. The van der Waals surface area contributed by atoms with Crippen LogP contribution in [0.2, 0.25) is 0 Å². The lowest BCUT2D eigenvalue weighted by atomic mass is 10.0. The quantitative estimate of drug-likeness (QED) is 0.0744. The summed E-state index contributed by atoms with van der Waals surface area (Å²) in [4.78, 5) is 0. The van der Waals surface area contributed by atoms with Gasteiger partial charge in [0.05, 0.1) is 0 Å². The maximum absolute atomic E-state index is 10.0. The van der Waals surface area contributed by atoms with E-state index in [2.05, 4.69) is 19.9 Å². The molecule has 0 aromatic heterocycles. The maximum Gasteiger partial charge on any atom is 0.0446 e. The van der Waals surface area contributed by atoms with Crippen molar-refractivity contribution in [1.29, 1.82) is 0 Å². The van der Waals surface area contributed by atoms with E-state index in [0.29, 0.717) is 0 Å². The molecule has 1 N–H and O–H groups in total. The largest absolute Gasteiger partial charge is 0.289 e. The van der Waals surface area contributed by atoms with Crippen LogP contribution in [0.1, 0.15) is 200 Å². The Labute approximate surface area is 229 Å². The minimum atomic E-state index is 0.785. The minimum Gasteiger partial charge on any atom is -0.289 e. The molecule has 0 atom stereocenters. The standard InChI is InChI=1S/C34H69NO/c1-3-5-7-9-11-13-15-17-19-20-22-24-26-28-30-32-34-35(36)33-31-29-27-25-23-21-18-16-14-12-10-8-6-4-2/h32,34,36H,3-31,33H2,1-2H3. The Kier molecular flexibility index (Phi) is 32.1. The second kappa shape index (κ2) is 32.5. The SMILES string of the molecule is CCCCCCCCCCCCCCCCC=CN(O)CCCCCCCCCCCCCCCC. The smallest absolute Gasteiger partial charge is 0.0446 e. The van der Waals surface area contributed by atoms with Crippen LogP contribution in [-0.4, -0.2) is 16.8 Å². The van der Waals surface area contributed by atoms with Crippen molar-refractivity contribution in [2.45, 2.75) is 200 Å². The van der Waals surface area contributed by atoms with Gasteiger partial charge in [0, 0.05) is 12.7 Å². The summed E-state index contributed by atoms with van der Waals surface area (Å²) in [6.45, 7) is 5.37. The van der Waals surface area contributed by atoms with Crippen LogP contribution in [0.4, 0.5) is 0 Å². The van der Waals surface area contributed by atoms with Crippen LogP contribution in [0.3, 0.4) is 0 Å². The molecular formula is C34H69NO. The van der Waals surface area contributed by atoms with Gasteiger partial charge in [-0.3, -0.25) is 10.3 Å². The predicted molar refractivity (Wildman–Crippen MR) is 163 cm³/mol. The monoisotopic (exact) mass is 508 g/mol. The maximum atomic E-state index is 10.0. The van der Waals surface area contributed by atoms with Gasteiger partial charge >= 0.3 is 0 Å². The molecule has 0 aliphatic carbocycles. The number of hydrogen-bond donors (Lipinski definition) is 1. The first-order valence-electron chi connectivity index (χ1n) is 16.9. The van der Waals surface area contributed by atoms with Crippen LogP contribution < -0.4 is 0 Å². The van der Waals surface area contributed by atoms with Gasteiger partial charge in [0.25, 0.3) is 0 Å². The van der Waals surface area contributed by atoms with Crippen molar-refractivity contribution in [3.05, 3.63) is 12.3 Å². The van der Waals surface area contributed by atoms with E-state index in [1.165, 1.54) is 178 Å². The second-order valence-corrected chi connectivity index (χ2v) is 11.5. The summed E-state index contributed by atoms with van der Waals surface area (Å²) in [7, 11) is 0. The first kappa shape index (κ1) is 35.5. The Morgan fingerprint density at radius 1 is 0.389 bits per heavy atom. The molecule has 0 rings (SSSR count). The van der Waals surface area contributed by atoms with Crippen molar-refractivity contribution in [2.75, 3.05) is 6.54 Å². The fourth-order valence-corrected chi connectivity index (χ4v) is 5.20. The van der Waals surface area contributed by atoms with Crippen LogP contribution in [0.15, 0.2) is 12.3 Å². The van der Waals surface area contributed by atoms with E-state index in [1.54, 1.807) is 0 Å². The number of nitrogens with zero attached hydrogens (tertiary/aromatic N) is 1. The Hall–Kier alpha value is -0.500. The predicted octanol–water partition coefficient (Wildman–Crippen LogP) is 12.5. The molecule has 0 radical (unpaired) electrons. The molecule has 0 bridgehead atoms. The molecule has 2 heteroatoms. The lowest BCUT2D eigenvalue weighted by molar-refractivity contribution is -0.0420. The Morgan fingerprint density at radius 2 is 0.667 bits per heavy atom. The average molecular weight is 508 g/mol. The van der Waals surface area contributed by atoms with Gasteiger partial charge in [0.2, 0.25) is 0 Å². The van der Waals surface area contributed by atoms with Crippen molar-refractivity contribution in [3.8, 4) is 0 Å². The van der Waals surface area contributed by atoms with Crippen LogP contribution in [0.5, 0.6) is 0 Å². The molecule has 0 spiro atoms. The van der Waals surface area contributed by atoms with Crippen LogP contribution >= 0.6 is 0 Å². The number of hydroxylamine groups is 2. The summed E-state index contributed by atoms with van der Waals surface area (Å²) in [6.07, 6.45) is 44.2. The first-order chi connectivity index (χ1) is 17.8. The number of allylic oxidation sites excluding steroid dienone is 1. The third-order valence-corrected chi connectivity index (χ3v) is 7.74. The van der Waals surface area contributed by atoms with E-state index in [-0.39, 0.29) is 0 Å².